The zero-order valence-electron chi connectivity index (χ0n) is 15.0. The molecule has 3 nitrogen and oxygen atoms in total. The number of nitrogens with zero attached hydrogens (tertiary/aromatic N) is 1. The molecule has 1 saturated carbocycles. The highest BCUT2D eigenvalue weighted by atomic mass is 16.1. The van der Waals surface area contributed by atoms with Gasteiger partial charge in [-0.15, -0.1) is 0 Å². The molecule has 2 fully saturated rings. The molecule has 0 aromatic rings. The lowest BCUT2D eigenvalue weighted by molar-refractivity contribution is -0.121. The molecule has 2 rings (SSSR count). The fourth-order valence-corrected chi connectivity index (χ4v) is 4.19. The van der Waals surface area contributed by atoms with E-state index in [1.807, 2.05) is 13.8 Å². The van der Waals surface area contributed by atoms with E-state index in [0.29, 0.717) is 23.7 Å². The van der Waals surface area contributed by atoms with Crippen LogP contribution in [-0.2, 0) is 4.79 Å². The average Bonchev–Trinajstić information content (AvgIpc) is 2.52. The maximum Gasteiger partial charge on any atom is 0.136 e. The summed E-state index contributed by atoms with van der Waals surface area (Å²) in [5.41, 5.74) is 0.649. The van der Waals surface area contributed by atoms with E-state index in [-0.39, 0.29) is 7.34 Å². The van der Waals surface area contributed by atoms with Gasteiger partial charge < -0.3 is 10.2 Å². The highest BCUT2D eigenvalue weighted by Gasteiger charge is 2.37. The third kappa shape index (κ3) is 5.06. The lowest BCUT2D eigenvalue weighted by Crippen LogP contribution is -2.45. The van der Waals surface area contributed by atoms with Gasteiger partial charge in [0.2, 0.25) is 0 Å². The summed E-state index contributed by atoms with van der Waals surface area (Å²) in [5.74, 6) is 0.577. The molecule has 1 aliphatic carbocycles. The number of carbonyl (C=O) groups is 1. The van der Waals surface area contributed by atoms with E-state index in [0.717, 1.165) is 6.54 Å². The molecule has 22 heavy (non-hydrogen) atoms. The van der Waals surface area contributed by atoms with Crippen molar-refractivity contribution in [1.29, 1.82) is 0 Å². The van der Waals surface area contributed by atoms with Crippen LogP contribution in [-0.4, -0.2) is 42.9 Å². The Labute approximate surface area is 138 Å². The van der Waals surface area contributed by atoms with Gasteiger partial charge in [-0.05, 0) is 70.0 Å². The van der Waals surface area contributed by atoms with Crippen LogP contribution >= 0.6 is 0 Å². The van der Waals surface area contributed by atoms with E-state index in [2.05, 4.69) is 17.1 Å². The monoisotopic (exact) mass is 310 g/mol. The quantitative estimate of drug-likeness (QED) is 0.774. The third-order valence-corrected chi connectivity index (χ3v) is 5.95. The second-order valence-electron chi connectivity index (χ2n) is 7.94. The van der Waals surface area contributed by atoms with Crippen molar-refractivity contribution in [3.05, 3.63) is 0 Å². The molecule has 0 amide bonds. The fraction of sp³-hybridized carbons (Fsp3) is 0.947. The minimum atomic E-state index is 0. The summed E-state index contributed by atoms with van der Waals surface area (Å²) in [7, 11) is 0. The third-order valence-electron chi connectivity index (χ3n) is 5.95. The van der Waals surface area contributed by atoms with Crippen molar-refractivity contribution in [2.24, 2.45) is 11.3 Å². The van der Waals surface area contributed by atoms with Gasteiger partial charge in [0.1, 0.15) is 5.78 Å². The molecule has 0 aromatic carbocycles. The van der Waals surface area contributed by atoms with E-state index >= 15 is 0 Å². The van der Waals surface area contributed by atoms with Crippen molar-refractivity contribution in [2.45, 2.75) is 78.2 Å². The molecular formula is C19H38N2O. The number of hydrogen-bond acceptors (Lipinski definition) is 3. The lowest BCUT2D eigenvalue weighted by atomic mass is 9.67. The number of Topliss-reactive ketones (excluding diaryl/α,β-unsaturated/α-hetero) is 1. The summed E-state index contributed by atoms with van der Waals surface area (Å²) in [5, 5.41) is 3.63. The predicted molar refractivity (Wildman–Crippen MR) is 95.2 cm³/mol. The summed E-state index contributed by atoms with van der Waals surface area (Å²) in [4.78, 5) is 14.3. The molecule has 0 atom stereocenters. The van der Waals surface area contributed by atoms with E-state index in [9.17, 15) is 4.79 Å². The molecule has 0 bridgehead atoms. The standard InChI is InChI=1S/C19H36N2O.H2/c1-4-13-21-14-10-19(11-15-21)8-5-17(6-9-19)20-12-7-18(22)16(2)3;/h16-17,20H,4-15H2,1-3H3;1H. The largest absolute Gasteiger partial charge is 0.314 e. The van der Waals surface area contributed by atoms with E-state index in [4.69, 9.17) is 0 Å². The van der Waals surface area contributed by atoms with Crippen LogP contribution in [0.15, 0.2) is 0 Å². The Bertz CT molecular complexity index is 341. The van der Waals surface area contributed by atoms with Crippen LogP contribution in [0.2, 0.25) is 0 Å². The van der Waals surface area contributed by atoms with Crippen molar-refractivity contribution in [3.63, 3.8) is 0 Å². The zero-order valence-corrected chi connectivity index (χ0v) is 15.0. The first kappa shape index (κ1) is 17.9. The van der Waals surface area contributed by atoms with Gasteiger partial charge in [-0.3, -0.25) is 4.79 Å². The number of likely N-dealkylation sites (tertiary alicyclic amines) is 1. The normalized spacial score (nSPS) is 23.3. The molecule has 0 radical (unpaired) electrons. The van der Waals surface area contributed by atoms with Crippen LogP contribution < -0.4 is 5.32 Å². The Balaban J connectivity index is 0.00000264. The zero-order chi connectivity index (χ0) is 16.0. The smallest absolute Gasteiger partial charge is 0.136 e. The van der Waals surface area contributed by atoms with Gasteiger partial charge >= 0.3 is 0 Å². The summed E-state index contributed by atoms with van der Waals surface area (Å²) in [6.45, 7) is 11.1. The van der Waals surface area contributed by atoms with Crippen LogP contribution in [0.4, 0.5) is 0 Å². The Morgan fingerprint density at radius 1 is 1.23 bits per heavy atom. The molecule has 1 heterocycles. The van der Waals surface area contributed by atoms with Crippen LogP contribution in [0, 0.1) is 11.3 Å². The minimum absolute atomic E-state index is 0. The molecule has 1 aliphatic heterocycles. The maximum atomic E-state index is 11.7. The fourth-order valence-electron chi connectivity index (χ4n) is 4.19. The topological polar surface area (TPSA) is 32.3 Å². The van der Waals surface area contributed by atoms with Gasteiger partial charge in [-0.1, -0.05) is 20.8 Å². The molecule has 1 N–H and O–H groups in total. The Hall–Kier alpha value is -0.410. The lowest BCUT2D eigenvalue weighted by Gasteiger charge is -2.46. The van der Waals surface area contributed by atoms with E-state index < -0.39 is 0 Å². The molecule has 2 aliphatic rings. The molecular weight excluding hydrogens is 272 g/mol. The van der Waals surface area contributed by atoms with Gasteiger partial charge in [-0.25, -0.2) is 0 Å². The van der Waals surface area contributed by atoms with Gasteiger partial charge in [0.05, 0.1) is 0 Å². The van der Waals surface area contributed by atoms with Gasteiger partial charge in [0, 0.05) is 26.4 Å². The summed E-state index contributed by atoms with van der Waals surface area (Å²) in [6.07, 6.45) is 10.2. The molecule has 1 spiro atoms. The second kappa shape index (κ2) is 8.44. The SMILES string of the molecule is CCCN1CCC2(CCC(NCCC(=O)C(C)C)CC2)CC1.[HH]. The Morgan fingerprint density at radius 3 is 2.41 bits per heavy atom. The van der Waals surface area contributed by atoms with E-state index in [1.165, 1.54) is 64.6 Å². The van der Waals surface area contributed by atoms with Gasteiger partial charge in [0.25, 0.3) is 0 Å². The predicted octanol–water partition coefficient (Wildman–Crippen LogP) is 3.87. The summed E-state index contributed by atoms with van der Waals surface area (Å²) < 4.78 is 0. The molecule has 3 heteroatoms. The van der Waals surface area contributed by atoms with Crippen molar-refractivity contribution >= 4 is 5.78 Å². The summed E-state index contributed by atoms with van der Waals surface area (Å²) >= 11 is 0. The number of nitrogens with one attached hydrogen (secondary N) is 1. The second-order valence-corrected chi connectivity index (χ2v) is 7.94. The van der Waals surface area contributed by atoms with Crippen LogP contribution in [0.25, 0.3) is 0 Å². The molecule has 1 saturated heterocycles. The minimum Gasteiger partial charge on any atom is -0.314 e. The molecule has 0 unspecified atom stereocenters. The van der Waals surface area contributed by atoms with Gasteiger partial charge in [0.15, 0.2) is 0 Å². The van der Waals surface area contributed by atoms with Crippen molar-refractivity contribution < 1.29 is 6.22 Å². The van der Waals surface area contributed by atoms with E-state index in [1.54, 1.807) is 0 Å². The van der Waals surface area contributed by atoms with Crippen molar-refractivity contribution in [2.75, 3.05) is 26.2 Å². The molecule has 0 aromatic heterocycles. The summed E-state index contributed by atoms with van der Waals surface area (Å²) in [6, 6.07) is 0.652. The number of ketones is 1. The molecule has 130 valence electrons. The Kier molecular flexibility index (Phi) is 6.88. The number of carbonyl (C=O) groups excluding carboxylic acids is 1. The van der Waals surface area contributed by atoms with Crippen LogP contribution in [0.5, 0.6) is 0 Å². The average molecular weight is 311 g/mol. The number of rotatable bonds is 7. The highest BCUT2D eigenvalue weighted by Crippen LogP contribution is 2.44. The first-order valence-electron chi connectivity index (χ1n) is 9.53. The van der Waals surface area contributed by atoms with Crippen molar-refractivity contribution in [3.8, 4) is 0 Å². The highest BCUT2D eigenvalue weighted by molar-refractivity contribution is 5.80. The van der Waals surface area contributed by atoms with Crippen molar-refractivity contribution in [1.82, 2.24) is 10.2 Å². The first-order valence-corrected chi connectivity index (χ1v) is 9.53. The number of piperidine rings is 1. The van der Waals surface area contributed by atoms with Gasteiger partial charge in [-0.2, -0.15) is 0 Å². The number of hydrogen-bond donors (Lipinski definition) is 1. The Morgan fingerprint density at radius 2 is 1.86 bits per heavy atom. The maximum absolute atomic E-state index is 11.7. The van der Waals surface area contributed by atoms with Crippen LogP contribution in [0.3, 0.4) is 0 Å². The van der Waals surface area contributed by atoms with Crippen LogP contribution in [0.1, 0.15) is 73.6 Å². The first-order chi connectivity index (χ1) is 10.5.